The first-order chi connectivity index (χ1) is 9.51. The van der Waals surface area contributed by atoms with Crippen molar-refractivity contribution in [3.63, 3.8) is 0 Å². The van der Waals surface area contributed by atoms with Gasteiger partial charge in [0.15, 0.2) is 0 Å². The Bertz CT molecular complexity index is 649. The Morgan fingerprint density at radius 2 is 2.05 bits per heavy atom. The van der Waals surface area contributed by atoms with Crippen molar-refractivity contribution < 1.29 is 14.8 Å². The fraction of sp³-hybridized carbons (Fsp3) is 0.286. The largest absolute Gasteiger partial charge is 0.352 e. The monoisotopic (exact) mass is 292 g/mol. The lowest BCUT2D eigenvalue weighted by atomic mass is 10.1. The number of hydroxylamine groups is 1. The number of hydrogen-bond acceptors (Lipinski definition) is 4. The Hall–Kier alpha value is -1.92. The van der Waals surface area contributed by atoms with Gasteiger partial charge in [-0.05, 0) is 23.1 Å². The van der Waals surface area contributed by atoms with Crippen molar-refractivity contribution in [1.82, 2.24) is 10.8 Å². The third-order valence-electron chi connectivity index (χ3n) is 2.90. The number of amides is 2. The SMILES string of the molecule is CC(C)C(=O)NCc1ccc2cc(C(=O)NO)sc2c1. The zero-order valence-electron chi connectivity index (χ0n) is 11.3. The first-order valence-corrected chi connectivity index (χ1v) is 7.07. The molecule has 0 aliphatic carbocycles. The van der Waals surface area contributed by atoms with E-state index in [4.69, 9.17) is 5.21 Å². The Morgan fingerprint density at radius 1 is 1.30 bits per heavy atom. The van der Waals surface area contributed by atoms with E-state index < -0.39 is 5.91 Å². The standard InChI is InChI=1S/C14H16N2O3S/c1-8(2)13(17)15-7-9-3-4-10-6-12(14(18)16-19)20-11(10)5-9/h3-6,8,19H,7H2,1-2H3,(H,15,17)(H,16,18). The summed E-state index contributed by atoms with van der Waals surface area (Å²) in [5.74, 6) is -0.544. The van der Waals surface area contributed by atoms with Crippen LogP contribution in [0.2, 0.25) is 0 Å². The van der Waals surface area contributed by atoms with Crippen LogP contribution in [0.15, 0.2) is 24.3 Å². The molecule has 20 heavy (non-hydrogen) atoms. The summed E-state index contributed by atoms with van der Waals surface area (Å²) < 4.78 is 0.944. The van der Waals surface area contributed by atoms with Gasteiger partial charge in [0.2, 0.25) is 5.91 Å². The van der Waals surface area contributed by atoms with E-state index in [0.29, 0.717) is 11.4 Å². The van der Waals surface area contributed by atoms with Gasteiger partial charge in [-0.2, -0.15) is 0 Å². The number of carbonyl (C=O) groups is 2. The highest BCUT2D eigenvalue weighted by Gasteiger charge is 2.10. The van der Waals surface area contributed by atoms with Gasteiger partial charge in [-0.1, -0.05) is 26.0 Å². The average molecular weight is 292 g/mol. The predicted octanol–water partition coefficient (Wildman–Crippen LogP) is 2.29. The summed E-state index contributed by atoms with van der Waals surface area (Å²) in [5, 5.41) is 12.4. The molecule has 0 unspecified atom stereocenters. The molecule has 2 amide bonds. The van der Waals surface area contributed by atoms with E-state index in [0.717, 1.165) is 15.6 Å². The highest BCUT2D eigenvalue weighted by Crippen LogP contribution is 2.26. The zero-order valence-corrected chi connectivity index (χ0v) is 12.1. The van der Waals surface area contributed by atoms with Crippen molar-refractivity contribution in [1.29, 1.82) is 0 Å². The molecule has 3 N–H and O–H groups in total. The lowest BCUT2D eigenvalue weighted by molar-refractivity contribution is -0.124. The van der Waals surface area contributed by atoms with E-state index in [-0.39, 0.29) is 11.8 Å². The Balaban J connectivity index is 2.16. The molecule has 0 radical (unpaired) electrons. The van der Waals surface area contributed by atoms with E-state index in [1.165, 1.54) is 11.3 Å². The summed E-state index contributed by atoms with van der Waals surface area (Å²) in [6.45, 7) is 4.15. The van der Waals surface area contributed by atoms with Crippen LogP contribution in [0, 0.1) is 5.92 Å². The third kappa shape index (κ3) is 3.15. The molecule has 0 spiro atoms. The minimum atomic E-state index is -0.513. The van der Waals surface area contributed by atoms with Gasteiger partial charge in [0.25, 0.3) is 5.91 Å². The summed E-state index contributed by atoms with van der Waals surface area (Å²) in [5.41, 5.74) is 2.60. The van der Waals surface area contributed by atoms with Crippen LogP contribution in [-0.4, -0.2) is 17.0 Å². The van der Waals surface area contributed by atoms with Crippen molar-refractivity contribution in [3.05, 3.63) is 34.7 Å². The number of nitrogens with one attached hydrogen (secondary N) is 2. The molecule has 1 heterocycles. The second kappa shape index (κ2) is 6.02. The zero-order chi connectivity index (χ0) is 14.7. The fourth-order valence-corrected chi connectivity index (χ4v) is 2.76. The number of carbonyl (C=O) groups excluding carboxylic acids is 2. The molecule has 2 aromatic rings. The molecule has 5 nitrogen and oxygen atoms in total. The van der Waals surface area contributed by atoms with Gasteiger partial charge >= 0.3 is 0 Å². The lowest BCUT2D eigenvalue weighted by Crippen LogP contribution is -2.26. The van der Waals surface area contributed by atoms with E-state index in [1.807, 2.05) is 32.0 Å². The number of hydrogen-bond donors (Lipinski definition) is 3. The van der Waals surface area contributed by atoms with E-state index in [2.05, 4.69) is 5.32 Å². The molecule has 0 aliphatic heterocycles. The quantitative estimate of drug-likeness (QED) is 0.597. The first kappa shape index (κ1) is 14.5. The maximum atomic E-state index is 11.5. The van der Waals surface area contributed by atoms with Crippen molar-refractivity contribution in [2.75, 3.05) is 0 Å². The number of fused-ring (bicyclic) bond motifs is 1. The topological polar surface area (TPSA) is 78.4 Å². The van der Waals surface area contributed by atoms with Crippen LogP contribution in [-0.2, 0) is 11.3 Å². The Kier molecular flexibility index (Phi) is 4.36. The van der Waals surface area contributed by atoms with E-state index >= 15 is 0 Å². The third-order valence-corrected chi connectivity index (χ3v) is 4.00. The van der Waals surface area contributed by atoms with Crippen LogP contribution in [0.3, 0.4) is 0 Å². The molecule has 0 fully saturated rings. The average Bonchev–Trinajstić information content (AvgIpc) is 2.86. The van der Waals surface area contributed by atoms with Crippen molar-refractivity contribution in [2.24, 2.45) is 5.92 Å². The molecule has 0 saturated carbocycles. The molecule has 0 atom stereocenters. The van der Waals surface area contributed by atoms with E-state index in [1.54, 1.807) is 11.5 Å². The van der Waals surface area contributed by atoms with Gasteiger partial charge < -0.3 is 5.32 Å². The summed E-state index contributed by atoms with van der Waals surface area (Å²) in [6, 6.07) is 7.48. The maximum Gasteiger partial charge on any atom is 0.284 e. The minimum Gasteiger partial charge on any atom is -0.352 e. The number of rotatable bonds is 4. The van der Waals surface area contributed by atoms with Gasteiger partial charge in [0.05, 0.1) is 4.88 Å². The van der Waals surface area contributed by atoms with Crippen molar-refractivity contribution in [2.45, 2.75) is 20.4 Å². The highest BCUT2D eigenvalue weighted by molar-refractivity contribution is 7.20. The normalized spacial score (nSPS) is 10.8. The first-order valence-electron chi connectivity index (χ1n) is 6.26. The summed E-state index contributed by atoms with van der Waals surface area (Å²) in [6.07, 6.45) is 0. The molecule has 0 saturated heterocycles. The van der Waals surface area contributed by atoms with Gasteiger partial charge in [-0.15, -0.1) is 11.3 Å². The molecular formula is C14H16N2O3S. The van der Waals surface area contributed by atoms with Gasteiger partial charge in [0, 0.05) is 17.2 Å². The second-order valence-corrected chi connectivity index (χ2v) is 5.88. The number of benzene rings is 1. The van der Waals surface area contributed by atoms with Gasteiger partial charge in [-0.25, -0.2) is 5.48 Å². The highest BCUT2D eigenvalue weighted by atomic mass is 32.1. The van der Waals surface area contributed by atoms with Crippen LogP contribution in [0.4, 0.5) is 0 Å². The molecule has 6 heteroatoms. The molecule has 106 valence electrons. The fourth-order valence-electron chi connectivity index (χ4n) is 1.75. The molecule has 1 aromatic carbocycles. The van der Waals surface area contributed by atoms with Crippen molar-refractivity contribution >= 4 is 33.2 Å². The van der Waals surface area contributed by atoms with Crippen LogP contribution in [0.25, 0.3) is 10.1 Å². The summed E-state index contributed by atoms with van der Waals surface area (Å²) in [4.78, 5) is 23.3. The van der Waals surface area contributed by atoms with Crippen LogP contribution >= 0.6 is 11.3 Å². The Morgan fingerprint density at radius 3 is 2.70 bits per heavy atom. The maximum absolute atomic E-state index is 11.5. The lowest BCUT2D eigenvalue weighted by Gasteiger charge is -2.07. The van der Waals surface area contributed by atoms with Crippen molar-refractivity contribution in [3.8, 4) is 0 Å². The van der Waals surface area contributed by atoms with Gasteiger partial charge in [0.1, 0.15) is 0 Å². The number of thiophene rings is 1. The minimum absolute atomic E-state index is 0.0108. The Labute approximate surface area is 120 Å². The summed E-state index contributed by atoms with van der Waals surface area (Å²) >= 11 is 1.30. The molecular weight excluding hydrogens is 276 g/mol. The van der Waals surface area contributed by atoms with Gasteiger partial charge in [-0.3, -0.25) is 14.8 Å². The van der Waals surface area contributed by atoms with Crippen LogP contribution in [0.5, 0.6) is 0 Å². The van der Waals surface area contributed by atoms with Crippen LogP contribution in [0.1, 0.15) is 29.1 Å². The molecule has 0 aliphatic rings. The molecule has 0 bridgehead atoms. The molecule has 1 aromatic heterocycles. The second-order valence-electron chi connectivity index (χ2n) is 4.80. The summed E-state index contributed by atoms with van der Waals surface area (Å²) in [7, 11) is 0. The van der Waals surface area contributed by atoms with Crippen LogP contribution < -0.4 is 10.8 Å². The predicted molar refractivity (Wildman–Crippen MR) is 77.8 cm³/mol. The molecule has 2 rings (SSSR count). The van der Waals surface area contributed by atoms with E-state index in [9.17, 15) is 9.59 Å². The smallest absolute Gasteiger partial charge is 0.284 e.